The summed E-state index contributed by atoms with van der Waals surface area (Å²) in [5.74, 6) is 0.792. The highest BCUT2D eigenvalue weighted by atomic mass is 16.5. The number of nitrogens with one attached hydrogen (secondary N) is 1. The van der Waals surface area contributed by atoms with Crippen LogP contribution in [0.3, 0.4) is 0 Å². The highest BCUT2D eigenvalue weighted by Gasteiger charge is 1.99. The van der Waals surface area contributed by atoms with Gasteiger partial charge in [-0.25, -0.2) is 0 Å². The van der Waals surface area contributed by atoms with Crippen LogP contribution in [0.1, 0.15) is 6.92 Å². The number of nitrogens with zero attached hydrogens (tertiary/aromatic N) is 1. The van der Waals surface area contributed by atoms with Crippen LogP contribution in [0.15, 0.2) is 24.3 Å². The molecule has 1 N–H and O–H groups in total. The topological polar surface area (TPSA) is 45.0 Å². The van der Waals surface area contributed by atoms with Gasteiger partial charge in [-0.2, -0.15) is 5.26 Å². The Morgan fingerprint density at radius 1 is 1.46 bits per heavy atom. The Morgan fingerprint density at radius 2 is 2.23 bits per heavy atom. The van der Waals surface area contributed by atoms with Crippen LogP contribution in [0.5, 0.6) is 5.75 Å². The number of anilines is 1. The Hall–Kier alpha value is -1.69. The van der Waals surface area contributed by atoms with E-state index in [1.165, 1.54) is 0 Å². The number of hydrogen-bond acceptors (Lipinski definition) is 3. The fourth-order valence-electron chi connectivity index (χ4n) is 1.03. The molecule has 0 aliphatic heterocycles. The predicted molar refractivity (Wildman–Crippen MR) is 51.7 cm³/mol. The standard InChI is InChI=1S/C10H12N2O/c1-2-13-10-6-4-3-5-9(10)12-8-7-11/h3-6,12H,2,8H2,1H3. The van der Waals surface area contributed by atoms with Crippen LogP contribution in [0.2, 0.25) is 0 Å². The Labute approximate surface area is 77.9 Å². The van der Waals surface area contributed by atoms with Gasteiger partial charge in [0.1, 0.15) is 12.3 Å². The van der Waals surface area contributed by atoms with Gasteiger partial charge in [-0.1, -0.05) is 12.1 Å². The van der Waals surface area contributed by atoms with Gasteiger partial charge in [-0.3, -0.25) is 0 Å². The maximum absolute atomic E-state index is 8.40. The second kappa shape index (κ2) is 5.04. The molecule has 0 heterocycles. The SMILES string of the molecule is CCOc1ccccc1NCC#N. The first-order valence-electron chi connectivity index (χ1n) is 4.21. The summed E-state index contributed by atoms with van der Waals surface area (Å²) < 4.78 is 5.36. The lowest BCUT2D eigenvalue weighted by atomic mass is 10.3. The number of benzene rings is 1. The molecule has 0 bridgehead atoms. The average molecular weight is 176 g/mol. The van der Waals surface area contributed by atoms with Crippen molar-refractivity contribution in [3.05, 3.63) is 24.3 Å². The minimum absolute atomic E-state index is 0.296. The number of ether oxygens (including phenoxy) is 1. The highest BCUT2D eigenvalue weighted by molar-refractivity contribution is 5.56. The van der Waals surface area contributed by atoms with Crippen LogP contribution in [-0.2, 0) is 0 Å². The molecular formula is C10H12N2O. The molecule has 0 atom stereocenters. The molecule has 13 heavy (non-hydrogen) atoms. The second-order valence-electron chi connectivity index (χ2n) is 2.44. The molecule has 0 spiro atoms. The van der Waals surface area contributed by atoms with E-state index in [1.807, 2.05) is 37.3 Å². The molecule has 0 radical (unpaired) electrons. The van der Waals surface area contributed by atoms with Crippen molar-refractivity contribution in [1.29, 1.82) is 5.26 Å². The largest absolute Gasteiger partial charge is 0.492 e. The highest BCUT2D eigenvalue weighted by Crippen LogP contribution is 2.22. The van der Waals surface area contributed by atoms with Crippen LogP contribution in [0, 0.1) is 11.3 Å². The molecule has 68 valence electrons. The van der Waals surface area contributed by atoms with E-state index in [2.05, 4.69) is 5.32 Å². The van der Waals surface area contributed by atoms with Crippen molar-refractivity contribution in [3.63, 3.8) is 0 Å². The molecule has 0 aliphatic carbocycles. The van der Waals surface area contributed by atoms with Crippen molar-refractivity contribution in [1.82, 2.24) is 0 Å². The first-order chi connectivity index (χ1) is 6.38. The third-order valence-corrected chi connectivity index (χ3v) is 1.54. The molecule has 3 heteroatoms. The quantitative estimate of drug-likeness (QED) is 0.714. The summed E-state index contributed by atoms with van der Waals surface area (Å²) >= 11 is 0. The zero-order valence-electron chi connectivity index (χ0n) is 7.58. The molecule has 0 unspecified atom stereocenters. The van der Waals surface area contributed by atoms with Gasteiger partial charge < -0.3 is 10.1 Å². The Morgan fingerprint density at radius 3 is 2.92 bits per heavy atom. The molecule has 0 aromatic heterocycles. The molecule has 1 aromatic carbocycles. The summed E-state index contributed by atoms with van der Waals surface area (Å²) in [4.78, 5) is 0. The fourth-order valence-corrected chi connectivity index (χ4v) is 1.03. The molecule has 1 aromatic rings. The van der Waals surface area contributed by atoms with Gasteiger partial charge in [-0.05, 0) is 19.1 Å². The third kappa shape index (κ3) is 2.68. The summed E-state index contributed by atoms with van der Waals surface area (Å²) in [6.45, 7) is 2.86. The fraction of sp³-hybridized carbons (Fsp3) is 0.300. The summed E-state index contributed by atoms with van der Waals surface area (Å²) in [6.07, 6.45) is 0. The number of hydrogen-bond donors (Lipinski definition) is 1. The molecule has 0 saturated heterocycles. The van der Waals surface area contributed by atoms with E-state index in [1.54, 1.807) is 0 Å². The molecule has 0 saturated carbocycles. The summed E-state index contributed by atoms with van der Waals surface area (Å²) in [7, 11) is 0. The van der Waals surface area contributed by atoms with E-state index < -0.39 is 0 Å². The lowest BCUT2D eigenvalue weighted by Gasteiger charge is -2.09. The van der Waals surface area contributed by atoms with Gasteiger partial charge in [0.25, 0.3) is 0 Å². The van der Waals surface area contributed by atoms with Gasteiger partial charge >= 0.3 is 0 Å². The van der Waals surface area contributed by atoms with Gasteiger partial charge in [0.05, 0.1) is 18.4 Å². The third-order valence-electron chi connectivity index (χ3n) is 1.54. The minimum atomic E-state index is 0.296. The van der Waals surface area contributed by atoms with Crippen LogP contribution in [0.25, 0.3) is 0 Å². The molecule has 0 aliphatic rings. The van der Waals surface area contributed by atoms with Crippen LogP contribution in [-0.4, -0.2) is 13.2 Å². The second-order valence-corrected chi connectivity index (χ2v) is 2.44. The summed E-state index contributed by atoms with van der Waals surface area (Å²) in [6, 6.07) is 9.60. The van der Waals surface area contributed by atoms with Gasteiger partial charge in [0.15, 0.2) is 0 Å². The van der Waals surface area contributed by atoms with Crippen molar-refractivity contribution in [2.45, 2.75) is 6.92 Å². The van der Waals surface area contributed by atoms with Crippen LogP contribution in [0.4, 0.5) is 5.69 Å². The number of nitriles is 1. The first kappa shape index (κ1) is 9.40. The van der Waals surface area contributed by atoms with E-state index >= 15 is 0 Å². The number of para-hydroxylation sites is 2. The van der Waals surface area contributed by atoms with Gasteiger partial charge in [0, 0.05) is 0 Å². The first-order valence-corrected chi connectivity index (χ1v) is 4.21. The van der Waals surface area contributed by atoms with Crippen molar-refractivity contribution in [3.8, 4) is 11.8 Å². The monoisotopic (exact) mass is 176 g/mol. The molecule has 3 nitrogen and oxygen atoms in total. The van der Waals surface area contributed by atoms with E-state index in [0.29, 0.717) is 13.2 Å². The van der Waals surface area contributed by atoms with Crippen LogP contribution < -0.4 is 10.1 Å². The van der Waals surface area contributed by atoms with Crippen molar-refractivity contribution < 1.29 is 4.74 Å². The van der Waals surface area contributed by atoms with E-state index in [-0.39, 0.29) is 0 Å². The van der Waals surface area contributed by atoms with Crippen molar-refractivity contribution in [2.75, 3.05) is 18.5 Å². The van der Waals surface area contributed by atoms with Gasteiger partial charge in [-0.15, -0.1) is 0 Å². The molecule has 0 amide bonds. The average Bonchev–Trinajstić information content (AvgIpc) is 2.17. The molecule has 0 fully saturated rings. The van der Waals surface area contributed by atoms with Crippen molar-refractivity contribution in [2.24, 2.45) is 0 Å². The summed E-state index contributed by atoms with van der Waals surface area (Å²) in [5.41, 5.74) is 0.867. The maximum atomic E-state index is 8.40. The smallest absolute Gasteiger partial charge is 0.142 e. The zero-order chi connectivity index (χ0) is 9.52. The molecule has 1 rings (SSSR count). The maximum Gasteiger partial charge on any atom is 0.142 e. The summed E-state index contributed by atoms with van der Waals surface area (Å²) in [5, 5.41) is 11.4. The normalized spacial score (nSPS) is 8.92. The Kier molecular flexibility index (Phi) is 3.65. The Bertz CT molecular complexity index is 304. The van der Waals surface area contributed by atoms with E-state index in [9.17, 15) is 0 Å². The van der Waals surface area contributed by atoms with Crippen LogP contribution >= 0.6 is 0 Å². The van der Waals surface area contributed by atoms with Gasteiger partial charge in [0.2, 0.25) is 0 Å². The number of rotatable bonds is 4. The molecular weight excluding hydrogens is 164 g/mol. The minimum Gasteiger partial charge on any atom is -0.492 e. The lowest BCUT2D eigenvalue weighted by Crippen LogP contribution is -2.01. The Balaban J connectivity index is 2.73. The zero-order valence-corrected chi connectivity index (χ0v) is 7.58. The van der Waals surface area contributed by atoms with E-state index in [0.717, 1.165) is 11.4 Å². The van der Waals surface area contributed by atoms with Crippen molar-refractivity contribution >= 4 is 5.69 Å². The van der Waals surface area contributed by atoms with E-state index in [4.69, 9.17) is 10.00 Å². The predicted octanol–water partition coefficient (Wildman–Crippen LogP) is 2.02. The lowest BCUT2D eigenvalue weighted by molar-refractivity contribution is 0.342.